The van der Waals surface area contributed by atoms with Gasteiger partial charge in [-0.2, -0.15) is 0 Å². The average molecular weight is 290 g/mol. The van der Waals surface area contributed by atoms with Crippen LogP contribution in [0, 0.1) is 10.1 Å². The molecule has 1 N–H and O–H groups in total. The molecule has 1 aromatic heterocycles. The number of nitro groups is 1. The molecule has 0 saturated carbocycles. The number of amides is 1. The van der Waals surface area contributed by atoms with Gasteiger partial charge in [-0.25, -0.2) is 4.98 Å². The summed E-state index contributed by atoms with van der Waals surface area (Å²) in [5.74, 6) is -0.108. The van der Waals surface area contributed by atoms with Gasteiger partial charge in [-0.05, 0) is 12.1 Å². The number of benzene rings is 1. The zero-order valence-electron chi connectivity index (χ0n) is 11.6. The van der Waals surface area contributed by atoms with Crippen LogP contribution >= 0.6 is 0 Å². The number of nitrogens with zero attached hydrogens (tertiary/aromatic N) is 4. The van der Waals surface area contributed by atoms with Gasteiger partial charge >= 0.3 is 0 Å². The van der Waals surface area contributed by atoms with Crippen molar-refractivity contribution in [1.82, 2.24) is 14.5 Å². The minimum absolute atomic E-state index is 0.156. The van der Waals surface area contributed by atoms with E-state index in [1.54, 1.807) is 24.0 Å². The summed E-state index contributed by atoms with van der Waals surface area (Å²) in [6, 6.07) is 3.38. The van der Waals surface area contributed by atoms with E-state index in [9.17, 15) is 20.0 Å². The molecule has 8 heteroatoms. The van der Waals surface area contributed by atoms with Crippen molar-refractivity contribution < 1.29 is 14.8 Å². The van der Waals surface area contributed by atoms with Gasteiger partial charge < -0.3 is 14.6 Å². The Morgan fingerprint density at radius 2 is 2.24 bits per heavy atom. The quantitative estimate of drug-likeness (QED) is 0.675. The lowest BCUT2D eigenvalue weighted by atomic mass is 10.1. The first-order valence-corrected chi connectivity index (χ1v) is 6.09. The number of rotatable bonds is 4. The standard InChI is InChI=1S/C13H14N4O4/c1-15-6-5-14-12(15)8-16(2)13(19)10-7-9(18)3-4-11(10)17(20)21/h3-7,18H,8H2,1-2H3. The molecule has 2 rings (SSSR count). The Labute approximate surface area is 120 Å². The minimum atomic E-state index is -0.652. The third-order valence-corrected chi connectivity index (χ3v) is 3.05. The number of phenols is 1. The lowest BCUT2D eigenvalue weighted by molar-refractivity contribution is -0.385. The van der Waals surface area contributed by atoms with E-state index in [0.29, 0.717) is 5.82 Å². The normalized spacial score (nSPS) is 10.4. The highest BCUT2D eigenvalue weighted by molar-refractivity contribution is 5.98. The largest absolute Gasteiger partial charge is 0.508 e. The summed E-state index contributed by atoms with van der Waals surface area (Å²) >= 11 is 0. The van der Waals surface area contributed by atoms with Crippen LogP contribution < -0.4 is 0 Å². The van der Waals surface area contributed by atoms with Gasteiger partial charge in [-0.1, -0.05) is 0 Å². The van der Waals surface area contributed by atoms with Gasteiger partial charge in [0.05, 0.1) is 11.5 Å². The molecule has 0 radical (unpaired) electrons. The van der Waals surface area contributed by atoms with E-state index in [4.69, 9.17) is 0 Å². The van der Waals surface area contributed by atoms with Crippen LogP contribution in [0.25, 0.3) is 0 Å². The molecule has 0 atom stereocenters. The second-order valence-electron chi connectivity index (χ2n) is 4.57. The summed E-state index contributed by atoms with van der Waals surface area (Å²) in [6.45, 7) is 0.204. The molecule has 8 nitrogen and oxygen atoms in total. The number of hydrogen-bond acceptors (Lipinski definition) is 5. The van der Waals surface area contributed by atoms with E-state index in [2.05, 4.69) is 4.98 Å². The van der Waals surface area contributed by atoms with Crippen molar-refractivity contribution in [3.63, 3.8) is 0 Å². The zero-order chi connectivity index (χ0) is 15.6. The van der Waals surface area contributed by atoms with Crippen molar-refractivity contribution in [3.8, 4) is 5.75 Å². The molecule has 21 heavy (non-hydrogen) atoms. The van der Waals surface area contributed by atoms with Crippen molar-refractivity contribution >= 4 is 11.6 Å². The van der Waals surface area contributed by atoms with Gasteiger partial charge in [0.25, 0.3) is 11.6 Å². The molecular formula is C13H14N4O4. The first-order valence-electron chi connectivity index (χ1n) is 6.09. The maximum atomic E-state index is 12.3. The highest BCUT2D eigenvalue weighted by atomic mass is 16.6. The van der Waals surface area contributed by atoms with E-state index < -0.39 is 10.8 Å². The Kier molecular flexibility index (Phi) is 3.88. The van der Waals surface area contributed by atoms with Gasteiger partial charge in [-0.3, -0.25) is 14.9 Å². The lowest BCUT2D eigenvalue weighted by Gasteiger charge is -2.17. The van der Waals surface area contributed by atoms with Gasteiger partial charge in [-0.15, -0.1) is 0 Å². The monoisotopic (exact) mass is 290 g/mol. The summed E-state index contributed by atoms with van der Waals surface area (Å²) in [5, 5.41) is 20.4. The molecule has 0 aliphatic heterocycles. The summed E-state index contributed by atoms with van der Waals surface area (Å²) in [7, 11) is 3.31. The summed E-state index contributed by atoms with van der Waals surface area (Å²) in [4.78, 5) is 28.1. The number of aromatic nitrogens is 2. The van der Waals surface area contributed by atoms with E-state index in [-0.39, 0.29) is 23.5 Å². The molecular weight excluding hydrogens is 276 g/mol. The lowest BCUT2D eigenvalue weighted by Crippen LogP contribution is -2.28. The number of imidazole rings is 1. The van der Waals surface area contributed by atoms with Gasteiger partial charge in [0.1, 0.15) is 17.1 Å². The first kappa shape index (κ1) is 14.5. The van der Waals surface area contributed by atoms with Gasteiger partial charge in [0.15, 0.2) is 0 Å². The number of nitro benzene ring substituents is 1. The van der Waals surface area contributed by atoms with Crippen LogP contribution in [0.3, 0.4) is 0 Å². The maximum Gasteiger partial charge on any atom is 0.282 e. The fourth-order valence-electron chi connectivity index (χ4n) is 1.89. The molecule has 0 saturated heterocycles. The number of phenolic OH excluding ortho intramolecular Hbond substituents is 1. The molecule has 0 aliphatic rings. The van der Waals surface area contributed by atoms with Crippen LogP contribution in [-0.2, 0) is 13.6 Å². The van der Waals surface area contributed by atoms with Crippen molar-refractivity contribution in [3.05, 3.63) is 52.1 Å². The van der Waals surface area contributed by atoms with Gasteiger partial charge in [0, 0.05) is 32.6 Å². The number of carbonyl (C=O) groups is 1. The Morgan fingerprint density at radius 3 is 2.81 bits per heavy atom. The zero-order valence-corrected chi connectivity index (χ0v) is 11.6. The van der Waals surface area contributed by atoms with Crippen LogP contribution in [0.15, 0.2) is 30.6 Å². The number of hydrogen-bond donors (Lipinski definition) is 1. The predicted octanol–water partition coefficient (Wildman–Crippen LogP) is 1.31. The van der Waals surface area contributed by atoms with E-state index in [1.165, 1.54) is 18.0 Å². The molecule has 110 valence electrons. The van der Waals surface area contributed by atoms with Crippen LogP contribution in [-0.4, -0.2) is 37.4 Å². The van der Waals surface area contributed by atoms with E-state index in [1.807, 2.05) is 0 Å². The highest BCUT2D eigenvalue weighted by Gasteiger charge is 2.24. The Bertz CT molecular complexity index is 695. The Morgan fingerprint density at radius 1 is 1.52 bits per heavy atom. The molecule has 0 aliphatic carbocycles. The molecule has 1 aromatic carbocycles. The Balaban J connectivity index is 2.29. The molecule has 0 unspecified atom stereocenters. The summed E-state index contributed by atoms with van der Waals surface area (Å²) in [6.07, 6.45) is 3.34. The topological polar surface area (TPSA) is 102 Å². The third-order valence-electron chi connectivity index (χ3n) is 3.05. The van der Waals surface area contributed by atoms with Crippen LogP contribution in [0.2, 0.25) is 0 Å². The van der Waals surface area contributed by atoms with Crippen molar-refractivity contribution in [2.24, 2.45) is 7.05 Å². The average Bonchev–Trinajstić information content (AvgIpc) is 2.83. The number of carbonyl (C=O) groups excluding carboxylic acids is 1. The highest BCUT2D eigenvalue weighted by Crippen LogP contribution is 2.24. The maximum absolute atomic E-state index is 12.3. The fourth-order valence-corrected chi connectivity index (χ4v) is 1.89. The van der Waals surface area contributed by atoms with Crippen molar-refractivity contribution in [2.45, 2.75) is 6.54 Å². The summed E-state index contributed by atoms with van der Waals surface area (Å²) in [5.41, 5.74) is -0.499. The molecule has 0 spiro atoms. The van der Waals surface area contributed by atoms with Crippen LogP contribution in [0.4, 0.5) is 5.69 Å². The van der Waals surface area contributed by atoms with Crippen molar-refractivity contribution in [1.29, 1.82) is 0 Å². The number of aromatic hydroxyl groups is 1. The minimum Gasteiger partial charge on any atom is -0.508 e. The third kappa shape index (κ3) is 2.99. The van der Waals surface area contributed by atoms with Crippen LogP contribution in [0.5, 0.6) is 5.75 Å². The molecule has 2 aromatic rings. The molecule has 1 heterocycles. The predicted molar refractivity (Wildman–Crippen MR) is 73.8 cm³/mol. The molecule has 0 fully saturated rings. The second kappa shape index (κ2) is 5.61. The molecule has 1 amide bonds. The first-order chi connectivity index (χ1) is 9.90. The Hall–Kier alpha value is -2.90. The smallest absolute Gasteiger partial charge is 0.282 e. The van der Waals surface area contributed by atoms with Crippen molar-refractivity contribution in [2.75, 3.05) is 7.05 Å². The van der Waals surface area contributed by atoms with Crippen LogP contribution in [0.1, 0.15) is 16.2 Å². The fraction of sp³-hybridized carbons (Fsp3) is 0.231. The summed E-state index contributed by atoms with van der Waals surface area (Å²) < 4.78 is 1.75. The second-order valence-corrected chi connectivity index (χ2v) is 4.57. The van der Waals surface area contributed by atoms with Gasteiger partial charge in [0.2, 0.25) is 0 Å². The van der Waals surface area contributed by atoms with E-state index >= 15 is 0 Å². The molecule has 0 bridgehead atoms. The SMILES string of the molecule is CN(Cc1nccn1C)C(=O)c1cc(O)ccc1[N+](=O)[O-]. The number of aryl methyl sites for hydroxylation is 1. The van der Waals surface area contributed by atoms with E-state index in [0.717, 1.165) is 12.1 Å².